The van der Waals surface area contributed by atoms with Crippen LogP contribution in [0.25, 0.3) is 0 Å². The number of rotatable bonds is 8. The Kier molecular flexibility index (Phi) is 8.28. The van der Waals surface area contributed by atoms with Gasteiger partial charge in [-0.3, -0.25) is 9.69 Å². The first-order chi connectivity index (χ1) is 13.6. The van der Waals surface area contributed by atoms with E-state index in [1.807, 2.05) is 12.1 Å². The van der Waals surface area contributed by atoms with Gasteiger partial charge in [0.2, 0.25) is 0 Å². The van der Waals surface area contributed by atoms with Crippen molar-refractivity contribution in [3.05, 3.63) is 24.3 Å². The van der Waals surface area contributed by atoms with E-state index in [0.29, 0.717) is 17.6 Å². The van der Waals surface area contributed by atoms with E-state index in [0.717, 1.165) is 38.3 Å². The lowest BCUT2D eigenvalue weighted by Gasteiger charge is -2.32. The number of ether oxygens (including phenoxy) is 2. The number of esters is 2. The van der Waals surface area contributed by atoms with Crippen molar-refractivity contribution in [3.8, 4) is 0 Å². The number of likely N-dealkylation sites (N-methyl/N-ethyl adjacent to an activating group) is 1. The molecule has 0 bridgehead atoms. The van der Waals surface area contributed by atoms with Gasteiger partial charge in [0.25, 0.3) is 0 Å². The van der Waals surface area contributed by atoms with E-state index in [4.69, 9.17) is 15.2 Å². The molecule has 1 saturated heterocycles. The van der Waals surface area contributed by atoms with Gasteiger partial charge in [-0.15, -0.1) is 0 Å². The van der Waals surface area contributed by atoms with E-state index in [9.17, 15) is 9.59 Å². The monoisotopic (exact) mass is 407 g/mol. The SMILES string of the molecule is CC(=O)OCC(=O)OC(CN1CCCN(c2ccc(N)cc2)CC1)C[N+](C)(C)C. The molecule has 29 heavy (non-hydrogen) atoms. The predicted molar refractivity (Wildman–Crippen MR) is 114 cm³/mol. The van der Waals surface area contributed by atoms with E-state index in [1.165, 1.54) is 12.6 Å². The van der Waals surface area contributed by atoms with Crippen LogP contribution < -0.4 is 10.6 Å². The Morgan fingerprint density at radius 1 is 1.10 bits per heavy atom. The molecule has 1 fully saturated rings. The second-order valence-electron chi connectivity index (χ2n) is 8.60. The Morgan fingerprint density at radius 3 is 2.41 bits per heavy atom. The molecule has 2 rings (SSSR count). The molecule has 0 aliphatic carbocycles. The van der Waals surface area contributed by atoms with E-state index in [1.54, 1.807) is 0 Å². The molecule has 8 nitrogen and oxygen atoms in total. The highest BCUT2D eigenvalue weighted by atomic mass is 16.6. The zero-order valence-corrected chi connectivity index (χ0v) is 18.1. The third-order valence-corrected chi connectivity index (χ3v) is 4.75. The molecule has 1 aromatic carbocycles. The highest BCUT2D eigenvalue weighted by Crippen LogP contribution is 2.18. The summed E-state index contributed by atoms with van der Waals surface area (Å²) in [5.74, 6) is -0.989. The molecule has 2 N–H and O–H groups in total. The van der Waals surface area contributed by atoms with Crippen LogP contribution in [0, 0.1) is 0 Å². The molecule has 1 aromatic rings. The van der Waals surface area contributed by atoms with E-state index < -0.39 is 11.9 Å². The molecular weight excluding hydrogens is 372 g/mol. The third kappa shape index (κ3) is 8.70. The molecule has 1 aliphatic heterocycles. The first-order valence-electron chi connectivity index (χ1n) is 10.1. The summed E-state index contributed by atoms with van der Waals surface area (Å²) >= 11 is 0. The molecule has 8 heteroatoms. The van der Waals surface area contributed by atoms with Gasteiger partial charge in [0.1, 0.15) is 6.54 Å². The maximum absolute atomic E-state index is 12.1. The standard InChI is InChI=1S/C21H35N4O4/c1-17(26)28-16-21(27)29-20(15-25(2,3)4)14-23-10-5-11-24(13-12-23)19-8-6-18(22)7-9-19/h6-9,20H,5,10-16,22H2,1-4H3/q+1. The molecular formula is C21H35N4O4+. The lowest BCUT2D eigenvalue weighted by Crippen LogP contribution is -2.48. The van der Waals surface area contributed by atoms with Gasteiger partial charge in [0, 0.05) is 51.0 Å². The Bertz CT molecular complexity index is 672. The minimum atomic E-state index is -0.503. The molecule has 1 heterocycles. The molecule has 1 atom stereocenters. The Hall–Kier alpha value is -2.32. The number of nitrogens with two attached hydrogens (primary N) is 1. The first-order valence-corrected chi connectivity index (χ1v) is 10.1. The molecule has 0 radical (unpaired) electrons. The molecule has 1 aliphatic rings. The Morgan fingerprint density at radius 2 is 1.79 bits per heavy atom. The normalized spacial score (nSPS) is 16.8. The number of nitrogen functional groups attached to an aromatic ring is 1. The van der Waals surface area contributed by atoms with Crippen LogP contribution in [0.1, 0.15) is 13.3 Å². The fourth-order valence-electron chi connectivity index (χ4n) is 3.51. The maximum Gasteiger partial charge on any atom is 0.344 e. The fraction of sp³-hybridized carbons (Fsp3) is 0.619. The number of hydrogen-bond donors (Lipinski definition) is 1. The summed E-state index contributed by atoms with van der Waals surface area (Å²) in [5, 5.41) is 0. The van der Waals surface area contributed by atoms with Crippen molar-refractivity contribution >= 4 is 23.3 Å². The predicted octanol–water partition coefficient (Wildman–Crippen LogP) is 0.962. The van der Waals surface area contributed by atoms with Gasteiger partial charge in [0.05, 0.1) is 21.1 Å². The lowest BCUT2D eigenvalue weighted by molar-refractivity contribution is -0.873. The number of anilines is 2. The van der Waals surface area contributed by atoms with Gasteiger partial charge < -0.3 is 24.6 Å². The van der Waals surface area contributed by atoms with Crippen LogP contribution in [0.2, 0.25) is 0 Å². The summed E-state index contributed by atoms with van der Waals surface area (Å²) in [5.41, 5.74) is 7.74. The summed E-state index contributed by atoms with van der Waals surface area (Å²) in [4.78, 5) is 27.7. The van der Waals surface area contributed by atoms with Gasteiger partial charge in [-0.05, 0) is 30.7 Å². The maximum atomic E-state index is 12.1. The highest BCUT2D eigenvalue weighted by Gasteiger charge is 2.26. The molecule has 0 saturated carbocycles. The summed E-state index contributed by atoms with van der Waals surface area (Å²) < 4.78 is 11.1. The zero-order valence-electron chi connectivity index (χ0n) is 18.1. The topological polar surface area (TPSA) is 85.1 Å². The molecule has 0 aromatic heterocycles. The summed E-state index contributed by atoms with van der Waals surface area (Å²) in [6, 6.07) is 7.97. The number of benzene rings is 1. The third-order valence-electron chi connectivity index (χ3n) is 4.75. The summed E-state index contributed by atoms with van der Waals surface area (Å²) in [7, 11) is 6.20. The minimum Gasteiger partial charge on any atom is -0.454 e. The Balaban J connectivity index is 1.94. The molecule has 0 amide bonds. The van der Waals surface area contributed by atoms with Crippen LogP contribution in [0.5, 0.6) is 0 Å². The van der Waals surface area contributed by atoms with Crippen LogP contribution in [0.15, 0.2) is 24.3 Å². The van der Waals surface area contributed by atoms with Gasteiger partial charge in [-0.25, -0.2) is 4.79 Å². The molecule has 1 unspecified atom stereocenters. The van der Waals surface area contributed by atoms with Crippen molar-refractivity contribution in [1.29, 1.82) is 0 Å². The number of nitrogens with zero attached hydrogens (tertiary/aromatic N) is 3. The number of carbonyl (C=O) groups excluding carboxylic acids is 2. The van der Waals surface area contributed by atoms with Crippen molar-refractivity contribution in [2.75, 3.05) is 77.7 Å². The smallest absolute Gasteiger partial charge is 0.344 e. The quantitative estimate of drug-likeness (QED) is 0.390. The van der Waals surface area contributed by atoms with Crippen LogP contribution in [0.4, 0.5) is 11.4 Å². The second kappa shape index (κ2) is 10.5. The molecule has 0 spiro atoms. The van der Waals surface area contributed by atoms with E-state index in [2.05, 4.69) is 43.1 Å². The summed E-state index contributed by atoms with van der Waals surface area (Å²) in [6.45, 7) is 6.00. The Labute approximate surface area is 173 Å². The average Bonchev–Trinajstić information content (AvgIpc) is 2.85. The van der Waals surface area contributed by atoms with Crippen LogP contribution in [-0.2, 0) is 19.1 Å². The van der Waals surface area contributed by atoms with Crippen molar-refractivity contribution in [2.45, 2.75) is 19.4 Å². The van der Waals surface area contributed by atoms with Gasteiger partial charge in [-0.2, -0.15) is 0 Å². The number of hydrogen-bond acceptors (Lipinski definition) is 7. The van der Waals surface area contributed by atoms with Gasteiger partial charge >= 0.3 is 11.9 Å². The van der Waals surface area contributed by atoms with Gasteiger partial charge in [-0.1, -0.05) is 0 Å². The van der Waals surface area contributed by atoms with Crippen LogP contribution >= 0.6 is 0 Å². The largest absolute Gasteiger partial charge is 0.454 e. The fourth-order valence-corrected chi connectivity index (χ4v) is 3.51. The number of quaternary nitrogens is 1. The highest BCUT2D eigenvalue weighted by molar-refractivity contribution is 5.75. The van der Waals surface area contributed by atoms with Crippen LogP contribution in [-0.4, -0.2) is 94.4 Å². The zero-order chi connectivity index (χ0) is 21.4. The van der Waals surface area contributed by atoms with E-state index in [-0.39, 0.29) is 12.7 Å². The second-order valence-corrected chi connectivity index (χ2v) is 8.60. The van der Waals surface area contributed by atoms with Crippen molar-refractivity contribution in [2.24, 2.45) is 0 Å². The van der Waals surface area contributed by atoms with Crippen LogP contribution in [0.3, 0.4) is 0 Å². The lowest BCUT2D eigenvalue weighted by atomic mass is 10.2. The van der Waals surface area contributed by atoms with Crippen molar-refractivity contribution in [1.82, 2.24) is 4.90 Å². The average molecular weight is 408 g/mol. The summed E-state index contributed by atoms with van der Waals surface area (Å²) in [6.07, 6.45) is 0.768. The van der Waals surface area contributed by atoms with Crippen molar-refractivity contribution < 1.29 is 23.5 Å². The minimum absolute atomic E-state index is 0.263. The number of carbonyl (C=O) groups is 2. The van der Waals surface area contributed by atoms with Gasteiger partial charge in [0.15, 0.2) is 12.7 Å². The van der Waals surface area contributed by atoms with E-state index >= 15 is 0 Å². The van der Waals surface area contributed by atoms with Crippen molar-refractivity contribution in [3.63, 3.8) is 0 Å². The molecule has 162 valence electrons. The first kappa shape index (κ1) is 23.0.